The minimum Gasteiger partial charge on any atom is -0.372 e. The van der Waals surface area contributed by atoms with E-state index >= 15 is 0 Å². The number of anilines is 1. The molecule has 1 atom stereocenters. The van der Waals surface area contributed by atoms with E-state index in [4.69, 9.17) is 5.73 Å². The summed E-state index contributed by atoms with van der Waals surface area (Å²) in [7, 11) is 0. The Morgan fingerprint density at radius 2 is 1.67 bits per heavy atom. The minimum absolute atomic E-state index is 0.000878. The van der Waals surface area contributed by atoms with E-state index in [-0.39, 0.29) is 17.8 Å². The fraction of sp³-hybridized carbons (Fsp3) is 0.320. The maximum atomic E-state index is 14.2. The van der Waals surface area contributed by atoms with Gasteiger partial charge in [0.25, 0.3) is 5.91 Å². The lowest BCUT2D eigenvalue weighted by Crippen LogP contribution is -2.52. The Morgan fingerprint density at radius 3 is 2.27 bits per heavy atom. The molecule has 1 heterocycles. The molecule has 0 aliphatic carbocycles. The number of fused-ring (bicyclic) bond motifs is 2. The van der Waals surface area contributed by atoms with Crippen LogP contribution >= 0.6 is 22.6 Å². The lowest BCUT2D eigenvalue weighted by molar-refractivity contribution is -0.142. The lowest BCUT2D eigenvalue weighted by atomic mass is 9.83. The van der Waals surface area contributed by atoms with Gasteiger partial charge in [-0.15, -0.1) is 0 Å². The summed E-state index contributed by atoms with van der Waals surface area (Å²) in [6.07, 6.45) is -3.72. The summed E-state index contributed by atoms with van der Waals surface area (Å²) in [6.45, 7) is 3.74. The Hall–Kier alpha value is -2.17. The number of hydrogen-bond acceptors (Lipinski definition) is 3. The first-order chi connectivity index (χ1) is 15.4. The van der Waals surface area contributed by atoms with Gasteiger partial charge in [0.1, 0.15) is 0 Å². The molecule has 33 heavy (non-hydrogen) atoms. The monoisotopic (exact) mass is 568 g/mol. The van der Waals surface area contributed by atoms with Gasteiger partial charge in [-0.25, -0.2) is 0 Å². The highest BCUT2D eigenvalue weighted by Crippen LogP contribution is 2.51. The molecule has 0 saturated carbocycles. The second kappa shape index (κ2) is 8.25. The van der Waals surface area contributed by atoms with Crippen molar-refractivity contribution in [3.63, 3.8) is 0 Å². The quantitative estimate of drug-likeness (QED) is 0.396. The van der Waals surface area contributed by atoms with Crippen molar-refractivity contribution >= 4 is 45.0 Å². The number of carbonyl (C=O) groups is 1. The first kappa shape index (κ1) is 24.0. The van der Waals surface area contributed by atoms with Crippen LogP contribution in [0.25, 0.3) is 10.8 Å². The normalized spacial score (nSPS) is 18.8. The third-order valence-corrected chi connectivity index (χ3v) is 7.27. The predicted octanol–water partition coefficient (Wildman–Crippen LogP) is 5.56. The smallest absolute Gasteiger partial charge is 0.372 e. The second-order valence-corrected chi connectivity index (χ2v) is 9.82. The SMILES string of the molecule is CCC(N)(CC)CN1C(=O)C(O)(c2ccc3ccccc3c2)c2c1cc(I)cc2C(F)(F)F. The van der Waals surface area contributed by atoms with E-state index in [1.165, 1.54) is 17.0 Å². The average Bonchev–Trinajstić information content (AvgIpc) is 2.99. The molecule has 1 unspecified atom stereocenters. The number of aliphatic hydroxyl groups is 1. The van der Waals surface area contributed by atoms with Gasteiger partial charge in [0.15, 0.2) is 5.60 Å². The van der Waals surface area contributed by atoms with Crippen molar-refractivity contribution in [3.8, 4) is 0 Å². The first-order valence-electron chi connectivity index (χ1n) is 10.7. The molecule has 3 N–H and O–H groups in total. The van der Waals surface area contributed by atoms with Crippen molar-refractivity contribution in [1.82, 2.24) is 0 Å². The summed E-state index contributed by atoms with van der Waals surface area (Å²) in [5, 5.41) is 13.4. The van der Waals surface area contributed by atoms with Crippen molar-refractivity contribution in [3.05, 3.63) is 74.9 Å². The van der Waals surface area contributed by atoms with Crippen molar-refractivity contribution in [1.29, 1.82) is 0 Å². The van der Waals surface area contributed by atoms with E-state index in [1.54, 1.807) is 46.9 Å². The molecule has 0 aromatic heterocycles. The van der Waals surface area contributed by atoms with Gasteiger partial charge in [0.2, 0.25) is 0 Å². The van der Waals surface area contributed by atoms with Crippen LogP contribution in [0.3, 0.4) is 0 Å². The largest absolute Gasteiger partial charge is 0.416 e. The number of amides is 1. The Balaban J connectivity index is 2.01. The number of alkyl halides is 3. The summed E-state index contributed by atoms with van der Waals surface area (Å²) < 4.78 is 42.9. The first-order valence-corrected chi connectivity index (χ1v) is 11.8. The van der Waals surface area contributed by atoms with E-state index < -0.39 is 34.4 Å². The predicted molar refractivity (Wildman–Crippen MR) is 131 cm³/mol. The molecule has 1 amide bonds. The third kappa shape index (κ3) is 3.91. The fourth-order valence-electron chi connectivity index (χ4n) is 4.45. The van der Waals surface area contributed by atoms with E-state index in [2.05, 4.69) is 0 Å². The Bertz CT molecular complexity index is 1240. The van der Waals surface area contributed by atoms with Crippen LogP contribution in [0.1, 0.15) is 43.4 Å². The highest BCUT2D eigenvalue weighted by molar-refractivity contribution is 14.1. The Labute approximate surface area is 203 Å². The zero-order valence-corrected chi connectivity index (χ0v) is 20.4. The molecule has 4 rings (SSSR count). The number of rotatable bonds is 5. The van der Waals surface area contributed by atoms with E-state index in [1.807, 2.05) is 26.0 Å². The van der Waals surface area contributed by atoms with Crippen LogP contribution in [-0.2, 0) is 16.6 Å². The number of benzene rings is 3. The van der Waals surface area contributed by atoms with Crippen molar-refractivity contribution in [2.45, 2.75) is 44.0 Å². The zero-order valence-electron chi connectivity index (χ0n) is 18.2. The molecular weight excluding hydrogens is 544 g/mol. The summed E-state index contributed by atoms with van der Waals surface area (Å²) >= 11 is 1.80. The minimum atomic E-state index is -4.76. The highest BCUT2D eigenvalue weighted by atomic mass is 127. The molecule has 3 aromatic carbocycles. The van der Waals surface area contributed by atoms with Crippen LogP contribution in [0.4, 0.5) is 18.9 Å². The molecule has 0 radical (unpaired) electrons. The molecule has 0 spiro atoms. The number of hydrogen-bond donors (Lipinski definition) is 2. The molecule has 4 nitrogen and oxygen atoms in total. The molecule has 0 fully saturated rings. The van der Waals surface area contributed by atoms with Crippen molar-refractivity contribution in [2.75, 3.05) is 11.4 Å². The summed E-state index contributed by atoms with van der Waals surface area (Å²) in [4.78, 5) is 15.0. The van der Waals surface area contributed by atoms with Crippen LogP contribution in [0.2, 0.25) is 0 Å². The molecule has 0 bridgehead atoms. The fourth-order valence-corrected chi connectivity index (χ4v) is 5.05. The van der Waals surface area contributed by atoms with Gasteiger partial charge in [0, 0.05) is 21.2 Å². The third-order valence-electron chi connectivity index (χ3n) is 6.64. The molecule has 0 saturated heterocycles. The second-order valence-electron chi connectivity index (χ2n) is 8.58. The zero-order chi connectivity index (χ0) is 24.2. The van der Waals surface area contributed by atoms with Gasteiger partial charge in [-0.3, -0.25) is 4.79 Å². The van der Waals surface area contributed by atoms with Crippen LogP contribution in [-0.4, -0.2) is 23.1 Å². The van der Waals surface area contributed by atoms with Crippen LogP contribution in [0.15, 0.2) is 54.6 Å². The standard InChI is InChI=1S/C25H24F3IN2O2/c1-3-23(30,4-2)14-31-20-13-18(29)12-19(25(26,27)28)21(20)24(33,22(31)32)17-10-9-15-7-5-6-8-16(15)11-17/h5-13,33H,3-4,14,30H2,1-2H3. The number of carbonyl (C=O) groups excluding carboxylic acids is 1. The van der Waals surface area contributed by atoms with Crippen LogP contribution in [0, 0.1) is 3.57 Å². The van der Waals surface area contributed by atoms with Gasteiger partial charge in [-0.2, -0.15) is 13.2 Å². The maximum absolute atomic E-state index is 14.2. The van der Waals surface area contributed by atoms with Gasteiger partial charge in [0.05, 0.1) is 11.3 Å². The number of nitrogens with two attached hydrogens (primary N) is 1. The van der Waals surface area contributed by atoms with E-state index in [9.17, 15) is 23.1 Å². The maximum Gasteiger partial charge on any atom is 0.416 e. The van der Waals surface area contributed by atoms with Gasteiger partial charge in [-0.05, 0) is 70.0 Å². The van der Waals surface area contributed by atoms with Gasteiger partial charge in [-0.1, -0.05) is 50.2 Å². The summed E-state index contributed by atoms with van der Waals surface area (Å²) in [6, 6.07) is 14.5. The highest BCUT2D eigenvalue weighted by Gasteiger charge is 2.56. The van der Waals surface area contributed by atoms with Crippen molar-refractivity contribution in [2.24, 2.45) is 5.73 Å². The van der Waals surface area contributed by atoms with E-state index in [0.29, 0.717) is 21.8 Å². The van der Waals surface area contributed by atoms with Gasteiger partial charge < -0.3 is 15.7 Å². The molecule has 174 valence electrons. The molecule has 1 aliphatic rings. The Morgan fingerprint density at radius 1 is 1.03 bits per heavy atom. The van der Waals surface area contributed by atoms with E-state index in [0.717, 1.165) is 11.5 Å². The molecular formula is C25H24F3IN2O2. The topological polar surface area (TPSA) is 66.6 Å². The molecule has 8 heteroatoms. The summed E-state index contributed by atoms with van der Waals surface area (Å²) in [5.74, 6) is -0.822. The van der Waals surface area contributed by atoms with Crippen molar-refractivity contribution < 1.29 is 23.1 Å². The molecule has 1 aliphatic heterocycles. The average molecular weight is 568 g/mol. The number of nitrogens with zero attached hydrogens (tertiary/aromatic N) is 1. The van der Waals surface area contributed by atoms with Crippen LogP contribution in [0.5, 0.6) is 0 Å². The lowest BCUT2D eigenvalue weighted by Gasteiger charge is -2.33. The van der Waals surface area contributed by atoms with Crippen LogP contribution < -0.4 is 10.6 Å². The summed E-state index contributed by atoms with van der Waals surface area (Å²) in [5.41, 5.74) is 1.85. The number of halogens is 4. The Kier molecular flexibility index (Phi) is 5.99. The van der Waals surface area contributed by atoms with Gasteiger partial charge >= 0.3 is 6.18 Å². The molecule has 3 aromatic rings.